The molecule has 0 radical (unpaired) electrons. The Morgan fingerprint density at radius 2 is 1.79 bits per heavy atom. The van der Waals surface area contributed by atoms with Crippen molar-refractivity contribution in [2.75, 3.05) is 31.6 Å². The zero-order chi connectivity index (χ0) is 23.6. The zero-order valence-corrected chi connectivity index (χ0v) is 19.9. The number of morpholine rings is 1. The molecule has 3 aromatic rings. The summed E-state index contributed by atoms with van der Waals surface area (Å²) in [5.41, 5.74) is 0.884. The summed E-state index contributed by atoms with van der Waals surface area (Å²) in [6, 6.07) is 13.2. The van der Waals surface area contributed by atoms with Gasteiger partial charge in [0.1, 0.15) is 0 Å². The number of carbonyl (C=O) groups excluding carboxylic acids is 1. The number of hydrogen-bond donors (Lipinski definition) is 1. The van der Waals surface area contributed by atoms with Gasteiger partial charge < -0.3 is 10.1 Å². The molecule has 1 fully saturated rings. The van der Waals surface area contributed by atoms with Gasteiger partial charge in [-0.2, -0.15) is 4.31 Å². The molecule has 2 heterocycles. The van der Waals surface area contributed by atoms with Crippen molar-refractivity contribution in [3.05, 3.63) is 58.9 Å². The van der Waals surface area contributed by atoms with Gasteiger partial charge >= 0.3 is 0 Å². The Balaban J connectivity index is 1.45. The topological polar surface area (TPSA) is 111 Å². The Labute approximate surface area is 195 Å². The maximum absolute atomic E-state index is 12.7. The fourth-order valence-electron chi connectivity index (χ4n) is 3.40. The Kier molecular flexibility index (Phi) is 6.84. The minimum Gasteiger partial charge on any atom is -0.379 e. The molecule has 1 aromatic heterocycles. The van der Waals surface area contributed by atoms with Gasteiger partial charge in [-0.1, -0.05) is 23.9 Å². The summed E-state index contributed by atoms with van der Waals surface area (Å²) in [6.45, 7) is 3.11. The van der Waals surface area contributed by atoms with E-state index in [9.17, 15) is 18.0 Å². The minimum atomic E-state index is -3.60. The van der Waals surface area contributed by atoms with E-state index in [4.69, 9.17) is 4.74 Å². The molecule has 1 atom stereocenters. The average molecular weight is 489 g/mol. The van der Waals surface area contributed by atoms with Gasteiger partial charge in [0.15, 0.2) is 5.16 Å². The van der Waals surface area contributed by atoms with E-state index in [1.165, 1.54) is 32.8 Å². The molecule has 1 N–H and O–H groups in total. The number of carbonyl (C=O) groups is 1. The smallest absolute Gasteiger partial charge is 0.261 e. The second kappa shape index (κ2) is 9.64. The van der Waals surface area contributed by atoms with Crippen LogP contribution in [0.2, 0.25) is 0 Å². The number of sulfonamides is 1. The van der Waals surface area contributed by atoms with Crippen LogP contribution in [0.15, 0.2) is 63.4 Å². The number of amides is 1. The third-order valence-electron chi connectivity index (χ3n) is 5.32. The molecule has 4 rings (SSSR count). The number of para-hydroxylation sites is 1. The zero-order valence-electron chi connectivity index (χ0n) is 18.2. The van der Waals surface area contributed by atoms with E-state index in [2.05, 4.69) is 10.3 Å². The number of fused-ring (bicyclic) bond motifs is 1. The fraction of sp³-hybridized carbons (Fsp3) is 0.318. The highest BCUT2D eigenvalue weighted by Gasteiger charge is 2.26. The first kappa shape index (κ1) is 23.4. The van der Waals surface area contributed by atoms with Gasteiger partial charge in [0.25, 0.3) is 5.56 Å². The molecule has 0 bridgehead atoms. The lowest BCUT2D eigenvalue weighted by Crippen LogP contribution is -2.40. The van der Waals surface area contributed by atoms with E-state index in [0.29, 0.717) is 48.1 Å². The Morgan fingerprint density at radius 1 is 1.12 bits per heavy atom. The van der Waals surface area contributed by atoms with Gasteiger partial charge in [-0.25, -0.2) is 13.4 Å². The monoisotopic (exact) mass is 488 g/mol. The number of anilines is 1. The van der Waals surface area contributed by atoms with Crippen molar-refractivity contribution in [3.63, 3.8) is 0 Å². The van der Waals surface area contributed by atoms with Crippen LogP contribution in [0.5, 0.6) is 0 Å². The quantitative estimate of drug-likeness (QED) is 0.418. The molecule has 0 spiro atoms. The highest BCUT2D eigenvalue weighted by Crippen LogP contribution is 2.24. The first-order chi connectivity index (χ1) is 15.8. The summed E-state index contributed by atoms with van der Waals surface area (Å²) < 4.78 is 33.5. The molecule has 0 saturated carbocycles. The lowest BCUT2D eigenvalue weighted by atomic mass is 10.2. The Morgan fingerprint density at radius 3 is 2.48 bits per heavy atom. The van der Waals surface area contributed by atoms with Crippen molar-refractivity contribution in [1.82, 2.24) is 13.9 Å². The third-order valence-corrected chi connectivity index (χ3v) is 8.38. The molecule has 33 heavy (non-hydrogen) atoms. The number of aromatic nitrogens is 2. The summed E-state index contributed by atoms with van der Waals surface area (Å²) in [6.07, 6.45) is 0. The standard InChI is InChI=1S/C22H24N4O5S2/c1-15(32-22-24-19-6-4-3-5-18(19)21(28)25(22)2)20(27)23-16-7-9-17(10-8-16)33(29,30)26-11-13-31-14-12-26/h3-10,15H,11-14H2,1-2H3,(H,23,27). The van der Waals surface area contributed by atoms with Crippen molar-refractivity contribution in [2.24, 2.45) is 7.05 Å². The molecule has 1 aliphatic rings. The van der Waals surface area contributed by atoms with Crippen LogP contribution >= 0.6 is 11.8 Å². The van der Waals surface area contributed by atoms with Crippen LogP contribution in [0, 0.1) is 0 Å². The van der Waals surface area contributed by atoms with Crippen LogP contribution in [0.25, 0.3) is 10.9 Å². The highest BCUT2D eigenvalue weighted by atomic mass is 32.2. The lowest BCUT2D eigenvalue weighted by molar-refractivity contribution is -0.115. The van der Waals surface area contributed by atoms with Crippen LogP contribution in [0.3, 0.4) is 0 Å². The van der Waals surface area contributed by atoms with Gasteiger partial charge in [0, 0.05) is 25.8 Å². The summed E-state index contributed by atoms with van der Waals surface area (Å²) in [4.78, 5) is 30.0. The van der Waals surface area contributed by atoms with E-state index in [1.807, 2.05) is 6.07 Å². The minimum absolute atomic E-state index is 0.167. The van der Waals surface area contributed by atoms with Crippen LogP contribution < -0.4 is 10.9 Å². The first-order valence-electron chi connectivity index (χ1n) is 10.4. The largest absolute Gasteiger partial charge is 0.379 e. The predicted octanol–water partition coefficient (Wildman–Crippen LogP) is 2.07. The summed E-state index contributed by atoms with van der Waals surface area (Å²) in [7, 11) is -1.97. The van der Waals surface area contributed by atoms with Gasteiger partial charge in [-0.3, -0.25) is 14.2 Å². The second-order valence-corrected chi connectivity index (χ2v) is 10.8. The molecule has 174 valence electrons. The average Bonchev–Trinajstić information content (AvgIpc) is 2.83. The van der Waals surface area contributed by atoms with E-state index in [-0.39, 0.29) is 16.4 Å². The SMILES string of the molecule is CC(Sc1nc2ccccc2c(=O)n1C)C(=O)Nc1ccc(S(=O)(=O)N2CCOCC2)cc1. The maximum atomic E-state index is 12.7. The highest BCUT2D eigenvalue weighted by molar-refractivity contribution is 8.00. The molecule has 2 aromatic carbocycles. The number of thioether (sulfide) groups is 1. The number of rotatable bonds is 6. The third kappa shape index (κ3) is 4.96. The van der Waals surface area contributed by atoms with Crippen LogP contribution in [-0.2, 0) is 26.6 Å². The molecule has 1 aliphatic heterocycles. The van der Waals surface area contributed by atoms with E-state index >= 15 is 0 Å². The Hall–Kier alpha value is -2.73. The number of nitrogens with zero attached hydrogens (tertiary/aromatic N) is 3. The number of ether oxygens (including phenoxy) is 1. The molecule has 9 nitrogen and oxygen atoms in total. The molecular weight excluding hydrogens is 464 g/mol. The maximum Gasteiger partial charge on any atom is 0.261 e. The lowest BCUT2D eigenvalue weighted by Gasteiger charge is -2.26. The molecule has 1 amide bonds. The number of benzene rings is 2. The van der Waals surface area contributed by atoms with Crippen molar-refractivity contribution >= 4 is 44.3 Å². The Bertz CT molecular complexity index is 1330. The van der Waals surface area contributed by atoms with Crippen LogP contribution in [0.4, 0.5) is 5.69 Å². The van der Waals surface area contributed by atoms with Crippen LogP contribution in [0.1, 0.15) is 6.92 Å². The molecule has 0 aliphatic carbocycles. The van der Waals surface area contributed by atoms with E-state index < -0.39 is 15.3 Å². The molecule has 1 saturated heterocycles. The van der Waals surface area contributed by atoms with Gasteiger partial charge in [-0.15, -0.1) is 0 Å². The first-order valence-corrected chi connectivity index (χ1v) is 12.7. The van der Waals surface area contributed by atoms with Crippen molar-refractivity contribution in [2.45, 2.75) is 22.2 Å². The van der Waals surface area contributed by atoms with Crippen LogP contribution in [-0.4, -0.2) is 59.7 Å². The summed E-state index contributed by atoms with van der Waals surface area (Å²) >= 11 is 1.18. The normalized spacial score (nSPS) is 15.9. The van der Waals surface area contributed by atoms with Gasteiger partial charge in [-0.05, 0) is 43.3 Å². The molecule has 11 heteroatoms. The van der Waals surface area contributed by atoms with Gasteiger partial charge in [0.2, 0.25) is 15.9 Å². The van der Waals surface area contributed by atoms with Crippen molar-refractivity contribution in [3.8, 4) is 0 Å². The molecule has 1 unspecified atom stereocenters. The summed E-state index contributed by atoms with van der Waals surface area (Å²) in [5.74, 6) is -0.286. The number of nitrogens with one attached hydrogen (secondary N) is 1. The van der Waals surface area contributed by atoms with Gasteiger partial charge in [0.05, 0.1) is 34.3 Å². The fourth-order valence-corrected chi connectivity index (χ4v) is 5.69. The summed E-state index contributed by atoms with van der Waals surface area (Å²) in [5, 5.41) is 3.21. The molecular formula is C22H24N4O5S2. The van der Waals surface area contributed by atoms with Crippen molar-refractivity contribution < 1.29 is 17.9 Å². The second-order valence-electron chi connectivity index (χ2n) is 7.57. The number of hydrogen-bond acceptors (Lipinski definition) is 7. The van der Waals surface area contributed by atoms with Crippen molar-refractivity contribution in [1.29, 1.82) is 0 Å². The van der Waals surface area contributed by atoms with E-state index in [0.717, 1.165) is 0 Å². The van der Waals surface area contributed by atoms with E-state index in [1.54, 1.807) is 44.3 Å². The predicted molar refractivity (Wildman–Crippen MR) is 127 cm³/mol.